The molecule has 0 spiro atoms. The maximum absolute atomic E-state index is 12.2. The average Bonchev–Trinajstić information content (AvgIpc) is 2.45. The molecule has 1 aliphatic rings. The Hall–Kier alpha value is -2.29. The highest BCUT2D eigenvalue weighted by molar-refractivity contribution is 7.91. The van der Waals surface area contributed by atoms with Crippen LogP contribution in [0.4, 0.5) is 10.5 Å². The lowest BCUT2D eigenvalue weighted by atomic mass is 9.94. The van der Waals surface area contributed by atoms with Crippen molar-refractivity contribution < 1.29 is 27.9 Å². The number of aliphatic carboxylic acids is 1. The molecule has 0 aliphatic carbocycles. The number of hydrogen-bond acceptors (Lipinski definition) is 5. The van der Waals surface area contributed by atoms with Crippen LogP contribution in [0, 0.1) is 5.92 Å². The first kappa shape index (κ1) is 15.1. The van der Waals surface area contributed by atoms with Crippen LogP contribution in [0.1, 0.15) is 5.56 Å². The van der Waals surface area contributed by atoms with Crippen molar-refractivity contribution >= 4 is 28.0 Å². The number of nitrogens with zero attached hydrogens (tertiary/aromatic N) is 1. The summed E-state index contributed by atoms with van der Waals surface area (Å²) in [5.74, 6) is -1.98. The summed E-state index contributed by atoms with van der Waals surface area (Å²) >= 11 is 0. The molecule has 1 aromatic rings. The number of carbonyl (C=O) groups excluding carboxylic acids is 1. The molecule has 0 radical (unpaired) electrons. The molecule has 0 saturated carbocycles. The zero-order valence-electron chi connectivity index (χ0n) is 11.1. The average molecular weight is 314 g/mol. The monoisotopic (exact) mass is 314 g/mol. The molecule has 1 aromatic carbocycles. The van der Waals surface area contributed by atoms with E-state index in [1.54, 1.807) is 29.0 Å². The third kappa shape index (κ3) is 3.07. The van der Waals surface area contributed by atoms with E-state index in [4.69, 9.17) is 5.11 Å². The summed E-state index contributed by atoms with van der Waals surface area (Å²) in [4.78, 5) is 22.3. The number of para-hydroxylation sites is 1. The number of rotatable bonds is 3. The van der Waals surface area contributed by atoms with Gasteiger partial charge in [-0.05, 0) is 18.1 Å². The molecule has 1 aliphatic heterocycles. The lowest BCUT2D eigenvalue weighted by Gasteiger charge is -2.33. The van der Waals surface area contributed by atoms with E-state index in [2.05, 4.69) is 4.74 Å². The fourth-order valence-corrected chi connectivity index (χ4v) is 3.37. The summed E-state index contributed by atoms with van der Waals surface area (Å²) in [5.41, 5.74) is 0.942. The van der Waals surface area contributed by atoms with E-state index in [-0.39, 0.29) is 13.0 Å². The first-order chi connectivity index (χ1) is 9.85. The largest absolute Gasteiger partial charge is 0.481 e. The second kappa shape index (κ2) is 5.60. The predicted molar refractivity (Wildman–Crippen MR) is 73.1 cm³/mol. The van der Waals surface area contributed by atoms with Crippen molar-refractivity contribution in [2.45, 2.75) is 6.42 Å². The van der Waals surface area contributed by atoms with Gasteiger partial charge in [0, 0.05) is 6.54 Å². The highest BCUT2D eigenvalue weighted by Gasteiger charge is 2.36. The second-order valence-electron chi connectivity index (χ2n) is 4.50. The van der Waals surface area contributed by atoms with Crippen molar-refractivity contribution in [3.8, 4) is 0 Å². The highest BCUT2D eigenvalue weighted by atomic mass is 32.2. The number of amides is 1. The predicted octanol–water partition coefficient (Wildman–Crippen LogP) is 0.351. The van der Waals surface area contributed by atoms with Gasteiger partial charge in [-0.3, -0.25) is 9.10 Å². The molecule has 1 amide bonds. The molecule has 1 atom stereocenters. The van der Waals surface area contributed by atoms with Crippen LogP contribution >= 0.6 is 0 Å². The van der Waals surface area contributed by atoms with Gasteiger partial charge >= 0.3 is 22.3 Å². The standard InChI is InChI=1S/C12H14N2O6S/c1-20-12(17)13-21(18,19)14-7-9(11(15)16)6-8-4-2-3-5-10(8)14/h2-5,9H,6-7H2,1H3,(H,13,17)(H,15,16). The number of hydrogen-bond donors (Lipinski definition) is 2. The van der Waals surface area contributed by atoms with Gasteiger partial charge in [0.15, 0.2) is 0 Å². The molecule has 114 valence electrons. The third-order valence-electron chi connectivity index (χ3n) is 3.15. The Labute approximate surface area is 121 Å². The minimum absolute atomic E-state index is 0.232. The van der Waals surface area contributed by atoms with Gasteiger partial charge in [-0.1, -0.05) is 18.2 Å². The van der Waals surface area contributed by atoms with Crippen molar-refractivity contribution in [1.29, 1.82) is 0 Å². The van der Waals surface area contributed by atoms with Crippen molar-refractivity contribution in [1.82, 2.24) is 4.72 Å². The van der Waals surface area contributed by atoms with Crippen molar-refractivity contribution in [3.63, 3.8) is 0 Å². The van der Waals surface area contributed by atoms with Crippen LogP contribution in [0.15, 0.2) is 24.3 Å². The summed E-state index contributed by atoms with van der Waals surface area (Å²) in [7, 11) is -3.19. The molecule has 2 rings (SSSR count). The van der Waals surface area contributed by atoms with Crippen LogP contribution in [0.3, 0.4) is 0 Å². The van der Waals surface area contributed by atoms with Gasteiger partial charge in [0.2, 0.25) is 0 Å². The number of benzene rings is 1. The smallest absolute Gasteiger partial charge is 0.422 e. The number of fused-ring (bicyclic) bond motifs is 1. The normalized spacial score (nSPS) is 17.8. The molecule has 0 bridgehead atoms. The topological polar surface area (TPSA) is 113 Å². The molecular formula is C12H14N2O6S. The summed E-state index contributed by atoms with van der Waals surface area (Å²) in [6.07, 6.45) is -0.902. The maximum Gasteiger partial charge on any atom is 0.422 e. The van der Waals surface area contributed by atoms with E-state index in [9.17, 15) is 18.0 Å². The minimum atomic E-state index is -4.23. The molecule has 1 unspecified atom stereocenters. The van der Waals surface area contributed by atoms with E-state index < -0.39 is 28.2 Å². The summed E-state index contributed by atoms with van der Waals surface area (Å²) < 4.78 is 31.3. The van der Waals surface area contributed by atoms with Gasteiger partial charge in [-0.15, -0.1) is 0 Å². The molecule has 8 nitrogen and oxygen atoms in total. The Morgan fingerprint density at radius 1 is 1.38 bits per heavy atom. The lowest BCUT2D eigenvalue weighted by Crippen LogP contribution is -2.49. The first-order valence-electron chi connectivity index (χ1n) is 6.04. The fraction of sp³-hybridized carbons (Fsp3) is 0.333. The molecule has 21 heavy (non-hydrogen) atoms. The molecular weight excluding hydrogens is 300 g/mol. The number of ether oxygens (including phenoxy) is 1. The Morgan fingerprint density at radius 3 is 2.67 bits per heavy atom. The number of anilines is 1. The Bertz CT molecular complexity index is 672. The molecule has 0 fully saturated rings. The van der Waals surface area contributed by atoms with Gasteiger partial charge in [0.1, 0.15) is 0 Å². The van der Waals surface area contributed by atoms with E-state index in [0.717, 1.165) is 11.4 Å². The number of carboxylic acid groups (broad SMARTS) is 1. The van der Waals surface area contributed by atoms with Crippen LogP contribution < -0.4 is 9.03 Å². The van der Waals surface area contributed by atoms with Gasteiger partial charge < -0.3 is 9.84 Å². The highest BCUT2D eigenvalue weighted by Crippen LogP contribution is 2.31. The zero-order chi connectivity index (χ0) is 15.6. The van der Waals surface area contributed by atoms with Gasteiger partial charge in [-0.25, -0.2) is 9.52 Å². The van der Waals surface area contributed by atoms with Crippen LogP contribution in [0.25, 0.3) is 0 Å². The number of carbonyl (C=O) groups is 2. The lowest BCUT2D eigenvalue weighted by molar-refractivity contribution is -0.141. The second-order valence-corrected chi connectivity index (χ2v) is 6.09. The Kier molecular flexibility index (Phi) is 4.03. The van der Waals surface area contributed by atoms with Crippen molar-refractivity contribution in [3.05, 3.63) is 29.8 Å². The van der Waals surface area contributed by atoms with E-state index in [1.807, 2.05) is 0 Å². The van der Waals surface area contributed by atoms with Gasteiger partial charge in [0.25, 0.3) is 0 Å². The third-order valence-corrected chi connectivity index (χ3v) is 4.50. The first-order valence-corrected chi connectivity index (χ1v) is 7.48. The molecule has 1 heterocycles. The van der Waals surface area contributed by atoms with Crippen LogP contribution in [-0.4, -0.2) is 39.2 Å². The summed E-state index contributed by atoms with van der Waals surface area (Å²) in [5, 5.41) is 9.14. The maximum atomic E-state index is 12.2. The van der Waals surface area contributed by atoms with Gasteiger partial charge in [-0.2, -0.15) is 8.42 Å². The van der Waals surface area contributed by atoms with Crippen molar-refractivity contribution in [2.24, 2.45) is 5.92 Å². The molecule has 2 N–H and O–H groups in total. The van der Waals surface area contributed by atoms with Crippen LogP contribution in [-0.2, 0) is 26.2 Å². The van der Waals surface area contributed by atoms with Crippen LogP contribution in [0.5, 0.6) is 0 Å². The minimum Gasteiger partial charge on any atom is -0.481 e. The molecule has 0 aromatic heterocycles. The SMILES string of the molecule is COC(=O)NS(=O)(=O)N1CC(C(=O)O)Cc2ccccc21. The zero-order valence-corrected chi connectivity index (χ0v) is 12.0. The van der Waals surface area contributed by atoms with Crippen LogP contribution in [0.2, 0.25) is 0 Å². The fourth-order valence-electron chi connectivity index (χ4n) is 2.15. The van der Waals surface area contributed by atoms with E-state index in [0.29, 0.717) is 11.3 Å². The van der Waals surface area contributed by atoms with E-state index in [1.165, 1.54) is 0 Å². The Balaban J connectivity index is 2.42. The summed E-state index contributed by atoms with van der Waals surface area (Å²) in [6.45, 7) is -0.251. The quantitative estimate of drug-likeness (QED) is 0.832. The van der Waals surface area contributed by atoms with Crippen molar-refractivity contribution in [2.75, 3.05) is 18.0 Å². The van der Waals surface area contributed by atoms with Gasteiger partial charge in [0.05, 0.1) is 18.7 Å². The number of nitrogens with one attached hydrogen (secondary N) is 1. The number of methoxy groups -OCH3 is 1. The van der Waals surface area contributed by atoms with E-state index >= 15 is 0 Å². The molecule has 0 saturated heterocycles. The Morgan fingerprint density at radius 2 is 2.05 bits per heavy atom. The number of carboxylic acids is 1. The summed E-state index contributed by atoms with van der Waals surface area (Å²) in [6, 6.07) is 6.55. The molecule has 9 heteroatoms.